The predicted octanol–water partition coefficient (Wildman–Crippen LogP) is 2.45. The monoisotopic (exact) mass is 212 g/mol. The van der Waals surface area contributed by atoms with Gasteiger partial charge in [0, 0.05) is 28.2 Å². The molecule has 0 radical (unpaired) electrons. The fourth-order valence-electron chi connectivity index (χ4n) is 1.95. The summed E-state index contributed by atoms with van der Waals surface area (Å²) in [6, 6.07) is 8.16. The quantitative estimate of drug-likeness (QED) is 0.579. The molecule has 0 aliphatic carbocycles. The van der Waals surface area contributed by atoms with Crippen molar-refractivity contribution in [2.24, 2.45) is 0 Å². The summed E-state index contributed by atoms with van der Waals surface area (Å²) in [6.45, 7) is 1.97. The van der Waals surface area contributed by atoms with E-state index in [1.165, 1.54) is 5.39 Å². The van der Waals surface area contributed by atoms with Crippen LogP contribution in [0.3, 0.4) is 0 Å². The van der Waals surface area contributed by atoms with E-state index in [0.717, 1.165) is 22.3 Å². The molecule has 1 aromatic carbocycles. The number of benzene rings is 1. The molecule has 16 heavy (non-hydrogen) atoms. The van der Waals surface area contributed by atoms with Crippen molar-refractivity contribution in [3.8, 4) is 11.3 Å². The van der Waals surface area contributed by atoms with Gasteiger partial charge >= 0.3 is 0 Å². The van der Waals surface area contributed by atoms with Crippen LogP contribution < -0.4 is 5.73 Å². The molecule has 2 aromatic heterocycles. The zero-order valence-electron chi connectivity index (χ0n) is 8.91. The Balaban J connectivity index is 2.30. The zero-order chi connectivity index (χ0) is 11.1. The van der Waals surface area contributed by atoms with Crippen molar-refractivity contribution in [2.45, 2.75) is 6.92 Å². The van der Waals surface area contributed by atoms with Gasteiger partial charge in [0.15, 0.2) is 0 Å². The number of aromatic amines is 2. The van der Waals surface area contributed by atoms with Gasteiger partial charge in [-0.05, 0) is 13.0 Å². The Bertz CT molecular complexity index is 648. The molecule has 0 unspecified atom stereocenters. The summed E-state index contributed by atoms with van der Waals surface area (Å²) >= 11 is 0. The fourth-order valence-corrected chi connectivity index (χ4v) is 1.95. The van der Waals surface area contributed by atoms with Crippen molar-refractivity contribution in [3.05, 3.63) is 36.0 Å². The van der Waals surface area contributed by atoms with Crippen molar-refractivity contribution in [1.82, 2.24) is 15.2 Å². The third-order valence-corrected chi connectivity index (χ3v) is 2.91. The molecule has 0 bridgehead atoms. The van der Waals surface area contributed by atoms with Crippen molar-refractivity contribution in [1.29, 1.82) is 0 Å². The first kappa shape index (κ1) is 9.03. The molecule has 80 valence electrons. The van der Waals surface area contributed by atoms with E-state index in [0.29, 0.717) is 5.82 Å². The molecule has 0 fully saturated rings. The molecule has 4 N–H and O–H groups in total. The highest BCUT2D eigenvalue weighted by Crippen LogP contribution is 2.30. The van der Waals surface area contributed by atoms with Crippen molar-refractivity contribution >= 4 is 16.7 Å². The number of nitrogens with zero attached hydrogens (tertiary/aromatic N) is 1. The molecule has 0 atom stereocenters. The summed E-state index contributed by atoms with van der Waals surface area (Å²) in [6.07, 6.45) is 1.98. The second-order valence-electron chi connectivity index (χ2n) is 3.86. The lowest BCUT2D eigenvalue weighted by molar-refractivity contribution is 1.10. The minimum Gasteiger partial charge on any atom is -0.382 e. The number of nitrogens with one attached hydrogen (secondary N) is 2. The smallest absolute Gasteiger partial charge is 0.148 e. The average molecular weight is 212 g/mol. The number of fused-ring (bicyclic) bond motifs is 1. The standard InChI is InChI=1S/C12H12N4/c1-7-11(15-16-12(7)13)9-6-14-10-5-3-2-4-8(9)10/h2-6,14H,1H3,(H3,13,15,16). The van der Waals surface area contributed by atoms with Crippen LogP contribution in [0.1, 0.15) is 5.56 Å². The first-order valence-corrected chi connectivity index (χ1v) is 5.14. The maximum absolute atomic E-state index is 5.74. The van der Waals surface area contributed by atoms with Crippen LogP contribution in [-0.4, -0.2) is 15.2 Å². The number of para-hydroxylation sites is 1. The van der Waals surface area contributed by atoms with Gasteiger partial charge < -0.3 is 10.7 Å². The molecule has 4 heteroatoms. The minimum absolute atomic E-state index is 0.556. The Kier molecular flexibility index (Phi) is 1.77. The number of hydrogen-bond donors (Lipinski definition) is 3. The van der Waals surface area contributed by atoms with Crippen LogP contribution in [-0.2, 0) is 0 Å². The Morgan fingerprint density at radius 2 is 2.06 bits per heavy atom. The summed E-state index contributed by atoms with van der Waals surface area (Å²) < 4.78 is 0. The summed E-state index contributed by atoms with van der Waals surface area (Å²) in [5.41, 5.74) is 9.93. The lowest BCUT2D eigenvalue weighted by Crippen LogP contribution is -1.86. The molecule has 3 aromatic rings. The van der Waals surface area contributed by atoms with E-state index >= 15 is 0 Å². The number of rotatable bonds is 1. The Labute approximate surface area is 92.5 Å². The molecule has 0 aliphatic heterocycles. The molecule has 3 rings (SSSR count). The van der Waals surface area contributed by atoms with Gasteiger partial charge in [0.05, 0.1) is 5.69 Å². The van der Waals surface area contributed by atoms with Gasteiger partial charge in [-0.15, -0.1) is 0 Å². The van der Waals surface area contributed by atoms with E-state index in [9.17, 15) is 0 Å². The topological polar surface area (TPSA) is 70.5 Å². The summed E-state index contributed by atoms with van der Waals surface area (Å²) in [5.74, 6) is 0.556. The maximum atomic E-state index is 5.74. The molecule has 4 nitrogen and oxygen atoms in total. The number of aromatic nitrogens is 3. The number of nitrogens with two attached hydrogens (primary N) is 1. The highest BCUT2D eigenvalue weighted by Gasteiger charge is 2.11. The number of H-pyrrole nitrogens is 2. The van der Waals surface area contributed by atoms with Gasteiger partial charge in [0.1, 0.15) is 5.82 Å². The molecule has 2 heterocycles. The summed E-state index contributed by atoms with van der Waals surface area (Å²) in [7, 11) is 0. The lowest BCUT2D eigenvalue weighted by Gasteiger charge is -1.97. The third kappa shape index (κ3) is 1.13. The van der Waals surface area contributed by atoms with Crippen LogP contribution in [0, 0.1) is 6.92 Å². The van der Waals surface area contributed by atoms with Gasteiger partial charge in [-0.2, -0.15) is 5.10 Å². The van der Waals surface area contributed by atoms with E-state index in [-0.39, 0.29) is 0 Å². The SMILES string of the molecule is Cc1c(N)n[nH]c1-c1c[nH]c2ccccc12. The molecule has 0 aliphatic rings. The van der Waals surface area contributed by atoms with E-state index in [2.05, 4.69) is 21.2 Å². The Morgan fingerprint density at radius 1 is 1.25 bits per heavy atom. The fraction of sp³-hybridized carbons (Fsp3) is 0.0833. The highest BCUT2D eigenvalue weighted by molar-refractivity contribution is 5.95. The normalized spacial score (nSPS) is 11.1. The van der Waals surface area contributed by atoms with Crippen LogP contribution in [0.2, 0.25) is 0 Å². The predicted molar refractivity (Wildman–Crippen MR) is 65.0 cm³/mol. The van der Waals surface area contributed by atoms with E-state index in [4.69, 9.17) is 5.73 Å². The molecule has 0 saturated heterocycles. The van der Waals surface area contributed by atoms with Gasteiger partial charge in [0.25, 0.3) is 0 Å². The van der Waals surface area contributed by atoms with Crippen molar-refractivity contribution < 1.29 is 0 Å². The van der Waals surface area contributed by atoms with Crippen LogP contribution >= 0.6 is 0 Å². The number of nitrogen functional groups attached to an aromatic ring is 1. The Morgan fingerprint density at radius 3 is 2.81 bits per heavy atom. The van der Waals surface area contributed by atoms with E-state index in [1.807, 2.05) is 31.3 Å². The number of hydrogen-bond acceptors (Lipinski definition) is 2. The first-order chi connectivity index (χ1) is 7.77. The second-order valence-corrected chi connectivity index (χ2v) is 3.86. The van der Waals surface area contributed by atoms with Crippen molar-refractivity contribution in [2.75, 3.05) is 5.73 Å². The summed E-state index contributed by atoms with van der Waals surface area (Å²) in [5, 5.41) is 8.17. The zero-order valence-corrected chi connectivity index (χ0v) is 8.91. The van der Waals surface area contributed by atoms with Crippen molar-refractivity contribution in [3.63, 3.8) is 0 Å². The molecule has 0 saturated carbocycles. The second kappa shape index (κ2) is 3.13. The van der Waals surface area contributed by atoms with Crippen LogP contribution in [0.15, 0.2) is 30.5 Å². The molecular formula is C12H12N4. The Hall–Kier alpha value is -2.23. The highest BCUT2D eigenvalue weighted by atomic mass is 15.2. The minimum atomic E-state index is 0.556. The molecule has 0 amide bonds. The maximum Gasteiger partial charge on any atom is 0.148 e. The average Bonchev–Trinajstić information content (AvgIpc) is 2.85. The van der Waals surface area contributed by atoms with Crippen LogP contribution in [0.4, 0.5) is 5.82 Å². The summed E-state index contributed by atoms with van der Waals surface area (Å²) in [4.78, 5) is 3.23. The van der Waals surface area contributed by atoms with E-state index < -0.39 is 0 Å². The first-order valence-electron chi connectivity index (χ1n) is 5.14. The van der Waals surface area contributed by atoms with E-state index in [1.54, 1.807) is 0 Å². The van der Waals surface area contributed by atoms with Gasteiger partial charge in [-0.3, -0.25) is 5.10 Å². The third-order valence-electron chi connectivity index (χ3n) is 2.91. The molecule has 0 spiro atoms. The van der Waals surface area contributed by atoms with Crippen LogP contribution in [0.5, 0.6) is 0 Å². The number of anilines is 1. The molecular weight excluding hydrogens is 200 g/mol. The van der Waals surface area contributed by atoms with Gasteiger partial charge in [-0.25, -0.2) is 0 Å². The van der Waals surface area contributed by atoms with Crippen LogP contribution in [0.25, 0.3) is 22.2 Å². The van der Waals surface area contributed by atoms with Gasteiger partial charge in [-0.1, -0.05) is 18.2 Å². The largest absolute Gasteiger partial charge is 0.382 e. The van der Waals surface area contributed by atoms with Gasteiger partial charge in [0.2, 0.25) is 0 Å². The lowest BCUT2D eigenvalue weighted by atomic mass is 10.1.